The van der Waals surface area contributed by atoms with E-state index in [0.29, 0.717) is 5.75 Å². The van der Waals surface area contributed by atoms with Crippen molar-refractivity contribution < 1.29 is 9.59 Å². The van der Waals surface area contributed by atoms with Crippen LogP contribution in [-0.4, -0.2) is 66.8 Å². The summed E-state index contributed by atoms with van der Waals surface area (Å²) in [6, 6.07) is -0.443. The highest BCUT2D eigenvalue weighted by Gasteiger charge is 2.21. The Bertz CT molecular complexity index is 303. The average Bonchev–Trinajstić information content (AvgIpc) is 2.42. The third-order valence-corrected chi connectivity index (χ3v) is 5.29. The van der Waals surface area contributed by atoms with Gasteiger partial charge in [0.25, 0.3) is 0 Å². The summed E-state index contributed by atoms with van der Waals surface area (Å²) < 4.78 is 0. The number of nitrogens with one attached hydrogen (secondary N) is 2. The van der Waals surface area contributed by atoms with Gasteiger partial charge in [-0.05, 0) is 25.0 Å². The molecule has 2 atom stereocenters. The monoisotopic (exact) mass is 305 g/mol. The van der Waals surface area contributed by atoms with Gasteiger partial charge in [0.2, 0.25) is 0 Å². The Balaban J connectivity index is 2.59. The van der Waals surface area contributed by atoms with Crippen molar-refractivity contribution in [2.45, 2.75) is 18.5 Å². The van der Waals surface area contributed by atoms with E-state index in [4.69, 9.17) is 5.73 Å². The molecule has 0 spiro atoms. The maximum Gasteiger partial charge on any atom is 0.164 e. The molecule has 0 aromatic rings. The lowest BCUT2D eigenvalue weighted by Crippen LogP contribution is -2.48. The molecule has 0 aromatic carbocycles. The Morgan fingerprint density at radius 1 is 1.42 bits per heavy atom. The Morgan fingerprint density at radius 2 is 2.11 bits per heavy atom. The van der Waals surface area contributed by atoms with Crippen LogP contribution in [0.4, 0.5) is 0 Å². The molecule has 110 valence electrons. The minimum absolute atomic E-state index is 0.0206. The summed E-state index contributed by atoms with van der Waals surface area (Å²) in [6.45, 7) is 0.251. The van der Waals surface area contributed by atoms with Gasteiger partial charge in [-0.15, -0.1) is 0 Å². The maximum absolute atomic E-state index is 12.0. The molecule has 0 amide bonds. The molecule has 1 aliphatic heterocycles. The molecule has 4 N–H and O–H groups in total. The lowest BCUT2D eigenvalue weighted by Gasteiger charge is -2.20. The summed E-state index contributed by atoms with van der Waals surface area (Å²) >= 11 is 3.55. The number of hydrogen-bond acceptors (Lipinski definition) is 7. The molecule has 1 rings (SSSR count). The number of hydrogen-bond donors (Lipinski definition) is 3. The van der Waals surface area contributed by atoms with E-state index in [2.05, 4.69) is 10.6 Å². The van der Waals surface area contributed by atoms with Crippen molar-refractivity contribution in [3.05, 3.63) is 0 Å². The maximum atomic E-state index is 12.0. The first-order chi connectivity index (χ1) is 9.19. The van der Waals surface area contributed by atoms with Gasteiger partial charge in [0.15, 0.2) is 11.6 Å². The summed E-state index contributed by atoms with van der Waals surface area (Å²) in [7, 11) is 1.80. The third kappa shape index (κ3) is 6.27. The van der Waals surface area contributed by atoms with Crippen molar-refractivity contribution >= 4 is 35.1 Å². The minimum atomic E-state index is -0.302. The standard InChI is InChI=1S/C12H23N3O2S2/c1-14-9-7-18-3-2-4-19-8-10(11(16)5-13)15-6-12(9)17/h9-10,14-15H,2-8,13H2,1H3/t9-,10-/m0/s1. The van der Waals surface area contributed by atoms with Gasteiger partial charge >= 0.3 is 0 Å². The Kier molecular flexibility index (Phi) is 8.72. The van der Waals surface area contributed by atoms with Crippen LogP contribution in [0.25, 0.3) is 0 Å². The highest BCUT2D eigenvalue weighted by Crippen LogP contribution is 2.12. The van der Waals surface area contributed by atoms with Gasteiger partial charge in [0.05, 0.1) is 25.2 Å². The van der Waals surface area contributed by atoms with E-state index in [0.717, 1.165) is 23.7 Å². The molecule has 0 aliphatic carbocycles. The third-order valence-electron chi connectivity index (χ3n) is 3.00. The quantitative estimate of drug-likeness (QED) is 0.648. The molecule has 7 heteroatoms. The normalized spacial score (nSPS) is 27.4. The van der Waals surface area contributed by atoms with Gasteiger partial charge < -0.3 is 11.1 Å². The second-order valence-electron chi connectivity index (χ2n) is 4.41. The number of likely N-dealkylation sites (N-methyl/N-ethyl adjacent to an activating group) is 1. The number of thioether (sulfide) groups is 2. The van der Waals surface area contributed by atoms with E-state index in [1.165, 1.54) is 0 Å². The van der Waals surface area contributed by atoms with E-state index in [9.17, 15) is 9.59 Å². The van der Waals surface area contributed by atoms with Crippen LogP contribution < -0.4 is 16.4 Å². The summed E-state index contributed by atoms with van der Waals surface area (Å²) in [6.07, 6.45) is 1.10. The first kappa shape index (κ1) is 17.0. The van der Waals surface area contributed by atoms with Crippen molar-refractivity contribution in [2.75, 3.05) is 43.1 Å². The molecular formula is C12H23N3O2S2. The van der Waals surface area contributed by atoms with Crippen LogP contribution in [0.5, 0.6) is 0 Å². The molecule has 1 saturated heterocycles. The Hall–Kier alpha value is -0.0800. The van der Waals surface area contributed by atoms with E-state index < -0.39 is 0 Å². The smallest absolute Gasteiger partial charge is 0.164 e. The molecule has 1 heterocycles. The lowest BCUT2D eigenvalue weighted by molar-refractivity contribution is -0.121. The van der Waals surface area contributed by atoms with Crippen LogP contribution in [0, 0.1) is 0 Å². The predicted octanol–water partition coefficient (Wildman–Crippen LogP) is -0.500. The van der Waals surface area contributed by atoms with Gasteiger partial charge in [-0.2, -0.15) is 23.5 Å². The largest absolute Gasteiger partial charge is 0.324 e. The lowest BCUT2D eigenvalue weighted by atomic mass is 10.1. The summed E-state index contributed by atoms with van der Waals surface area (Å²) in [5, 5.41) is 6.09. The average molecular weight is 305 g/mol. The SMILES string of the molecule is CN[C@H]1CSCCCSC[C@@H](C(=O)CN)NCC1=O. The van der Waals surface area contributed by atoms with Crippen molar-refractivity contribution in [3.8, 4) is 0 Å². The Labute approximate surface area is 123 Å². The number of ketones is 2. The Morgan fingerprint density at radius 3 is 2.74 bits per heavy atom. The van der Waals surface area contributed by atoms with Gasteiger partial charge in [0.1, 0.15) is 0 Å². The molecule has 0 saturated carbocycles. The van der Waals surface area contributed by atoms with Crippen LogP contribution in [-0.2, 0) is 9.59 Å². The number of rotatable bonds is 3. The van der Waals surface area contributed by atoms with E-state index >= 15 is 0 Å². The highest BCUT2D eigenvalue weighted by atomic mass is 32.2. The molecular weight excluding hydrogens is 282 g/mol. The zero-order valence-corrected chi connectivity index (χ0v) is 12.9. The van der Waals surface area contributed by atoms with Crippen LogP contribution in [0.1, 0.15) is 6.42 Å². The fourth-order valence-electron chi connectivity index (χ4n) is 1.76. The molecule has 0 unspecified atom stereocenters. The van der Waals surface area contributed by atoms with Gasteiger partial charge in [-0.3, -0.25) is 14.9 Å². The van der Waals surface area contributed by atoms with Crippen LogP contribution in [0.15, 0.2) is 0 Å². The zero-order valence-electron chi connectivity index (χ0n) is 11.3. The number of carbonyl (C=O) groups excluding carboxylic acids is 2. The first-order valence-corrected chi connectivity index (χ1v) is 8.81. The molecule has 1 fully saturated rings. The van der Waals surface area contributed by atoms with Crippen molar-refractivity contribution in [1.82, 2.24) is 10.6 Å². The predicted molar refractivity (Wildman–Crippen MR) is 83.0 cm³/mol. The summed E-state index contributed by atoms with van der Waals surface area (Å²) in [4.78, 5) is 23.7. The van der Waals surface area contributed by atoms with Crippen LogP contribution in [0.2, 0.25) is 0 Å². The van der Waals surface area contributed by atoms with E-state index in [1.807, 2.05) is 0 Å². The fourth-order valence-corrected chi connectivity index (χ4v) is 4.10. The van der Waals surface area contributed by atoms with Gasteiger partial charge in [-0.25, -0.2) is 0 Å². The van der Waals surface area contributed by atoms with E-state index in [-0.39, 0.29) is 36.7 Å². The highest BCUT2D eigenvalue weighted by molar-refractivity contribution is 8.00. The number of nitrogens with two attached hydrogens (primary N) is 1. The zero-order chi connectivity index (χ0) is 14.1. The second kappa shape index (κ2) is 9.77. The molecule has 19 heavy (non-hydrogen) atoms. The molecule has 0 radical (unpaired) electrons. The summed E-state index contributed by atoms with van der Waals surface area (Å²) in [5.41, 5.74) is 5.41. The molecule has 0 aromatic heterocycles. The van der Waals surface area contributed by atoms with E-state index in [1.54, 1.807) is 30.6 Å². The van der Waals surface area contributed by atoms with Crippen LogP contribution in [0.3, 0.4) is 0 Å². The topological polar surface area (TPSA) is 84.2 Å². The molecule has 0 bridgehead atoms. The fraction of sp³-hybridized carbons (Fsp3) is 0.833. The minimum Gasteiger partial charge on any atom is -0.324 e. The number of Topliss-reactive ketones (excluding diaryl/α,β-unsaturated/α-hetero) is 2. The first-order valence-electron chi connectivity index (χ1n) is 6.50. The van der Waals surface area contributed by atoms with Gasteiger partial charge in [-0.1, -0.05) is 0 Å². The van der Waals surface area contributed by atoms with Crippen molar-refractivity contribution in [1.29, 1.82) is 0 Å². The molecule has 1 aliphatic rings. The molecule has 5 nitrogen and oxygen atoms in total. The summed E-state index contributed by atoms with van der Waals surface area (Å²) in [5.74, 6) is 3.67. The van der Waals surface area contributed by atoms with Crippen LogP contribution >= 0.6 is 23.5 Å². The van der Waals surface area contributed by atoms with Crippen molar-refractivity contribution in [3.63, 3.8) is 0 Å². The number of carbonyl (C=O) groups is 2. The second-order valence-corrected chi connectivity index (χ2v) is 6.71. The van der Waals surface area contributed by atoms with Gasteiger partial charge in [0, 0.05) is 11.5 Å². The van der Waals surface area contributed by atoms with Crippen molar-refractivity contribution in [2.24, 2.45) is 5.73 Å².